The van der Waals surface area contributed by atoms with Crippen LogP contribution in [0, 0.1) is 0 Å². The van der Waals surface area contributed by atoms with E-state index in [4.69, 9.17) is 33.0 Å². The second kappa shape index (κ2) is 7.27. The number of hydrogen-bond donors (Lipinski definition) is 1. The van der Waals surface area contributed by atoms with Gasteiger partial charge in [0.05, 0.1) is 35.4 Å². The topological polar surface area (TPSA) is 49.8 Å². The van der Waals surface area contributed by atoms with Gasteiger partial charge in [0.1, 0.15) is 0 Å². The molecule has 1 aliphatic rings. The van der Waals surface area contributed by atoms with E-state index in [1.807, 2.05) is 6.92 Å². The van der Waals surface area contributed by atoms with E-state index < -0.39 is 0 Å². The number of aliphatic hydroxyl groups is 1. The third-order valence-electron chi connectivity index (χ3n) is 3.35. The average molecular weight is 330 g/mol. The number of hydrogen-bond acceptors (Lipinski definition) is 3. The first-order valence-corrected chi connectivity index (χ1v) is 7.43. The maximum atomic E-state index is 12.2. The van der Waals surface area contributed by atoms with Gasteiger partial charge in [-0.15, -0.1) is 0 Å². The van der Waals surface area contributed by atoms with Gasteiger partial charge in [-0.05, 0) is 30.7 Å². The summed E-state index contributed by atoms with van der Waals surface area (Å²) in [4.78, 5) is 13.9. The van der Waals surface area contributed by atoms with Gasteiger partial charge in [0.15, 0.2) is 0 Å². The van der Waals surface area contributed by atoms with Crippen molar-refractivity contribution < 1.29 is 14.6 Å². The average Bonchev–Trinajstić information content (AvgIpc) is 2.48. The number of benzene rings is 1. The van der Waals surface area contributed by atoms with Gasteiger partial charge < -0.3 is 14.7 Å². The van der Waals surface area contributed by atoms with E-state index in [0.717, 1.165) is 5.56 Å². The van der Waals surface area contributed by atoms with E-state index >= 15 is 0 Å². The second-order valence-electron chi connectivity index (χ2n) is 4.98. The Morgan fingerprint density at radius 1 is 1.48 bits per heavy atom. The molecule has 2 atom stereocenters. The molecule has 1 aromatic rings. The van der Waals surface area contributed by atoms with Gasteiger partial charge in [-0.3, -0.25) is 4.79 Å². The van der Waals surface area contributed by atoms with Gasteiger partial charge in [0, 0.05) is 12.6 Å². The number of ether oxygens (including phenoxy) is 1. The molecule has 1 aliphatic heterocycles. The van der Waals surface area contributed by atoms with Crippen molar-refractivity contribution in [3.63, 3.8) is 0 Å². The summed E-state index contributed by atoms with van der Waals surface area (Å²) in [5.41, 5.74) is 0.803. The van der Waals surface area contributed by atoms with Gasteiger partial charge >= 0.3 is 0 Å². The highest BCUT2D eigenvalue weighted by atomic mass is 35.5. The fourth-order valence-corrected chi connectivity index (χ4v) is 2.42. The first kappa shape index (κ1) is 16.3. The van der Waals surface area contributed by atoms with Crippen molar-refractivity contribution in [2.75, 3.05) is 19.8 Å². The number of halogens is 2. The summed E-state index contributed by atoms with van der Waals surface area (Å²) >= 11 is 11.8. The first-order valence-electron chi connectivity index (χ1n) is 6.67. The molecule has 1 aromatic carbocycles. The van der Waals surface area contributed by atoms with Crippen molar-refractivity contribution in [3.05, 3.63) is 39.9 Å². The number of carbonyl (C=O) groups is 1. The highest BCUT2D eigenvalue weighted by Crippen LogP contribution is 2.23. The fraction of sp³-hybridized carbons (Fsp3) is 0.400. The zero-order valence-corrected chi connectivity index (χ0v) is 13.1. The Kier molecular flexibility index (Phi) is 5.65. The third kappa shape index (κ3) is 4.20. The number of amides is 1. The van der Waals surface area contributed by atoms with Gasteiger partial charge in [0.2, 0.25) is 5.91 Å². The lowest BCUT2D eigenvalue weighted by atomic mass is 10.1. The Hall–Kier alpha value is -1.07. The molecule has 2 rings (SSSR count). The third-order valence-corrected chi connectivity index (χ3v) is 4.09. The van der Waals surface area contributed by atoms with Crippen molar-refractivity contribution in [2.45, 2.75) is 19.1 Å². The highest BCUT2D eigenvalue weighted by Gasteiger charge is 2.27. The van der Waals surface area contributed by atoms with Crippen molar-refractivity contribution in [2.24, 2.45) is 0 Å². The van der Waals surface area contributed by atoms with Crippen LogP contribution in [0.15, 0.2) is 24.3 Å². The Balaban J connectivity index is 2.05. The van der Waals surface area contributed by atoms with E-state index in [1.54, 1.807) is 29.2 Å². The van der Waals surface area contributed by atoms with Crippen LogP contribution in [0.1, 0.15) is 12.5 Å². The van der Waals surface area contributed by atoms with E-state index in [9.17, 15) is 4.79 Å². The molecule has 0 bridgehead atoms. The van der Waals surface area contributed by atoms with Gasteiger partial charge in [-0.2, -0.15) is 0 Å². The van der Waals surface area contributed by atoms with Gasteiger partial charge in [0.25, 0.3) is 0 Å². The molecule has 0 radical (unpaired) electrons. The number of aliphatic hydroxyl groups excluding tert-OH is 1. The number of carbonyl (C=O) groups excluding carboxylic acids is 1. The van der Waals surface area contributed by atoms with Crippen LogP contribution in [0.3, 0.4) is 0 Å². The quantitative estimate of drug-likeness (QED) is 0.867. The smallest absolute Gasteiger partial charge is 0.246 e. The van der Waals surface area contributed by atoms with Gasteiger partial charge in [-0.1, -0.05) is 29.3 Å². The molecule has 0 saturated carbocycles. The highest BCUT2D eigenvalue weighted by molar-refractivity contribution is 6.42. The fourth-order valence-electron chi connectivity index (χ4n) is 2.11. The van der Waals surface area contributed by atoms with Crippen molar-refractivity contribution in [1.29, 1.82) is 0 Å². The largest absolute Gasteiger partial charge is 0.394 e. The second-order valence-corrected chi connectivity index (χ2v) is 5.80. The molecule has 2 unspecified atom stereocenters. The van der Waals surface area contributed by atoms with Crippen LogP contribution in [0.2, 0.25) is 10.0 Å². The molecule has 1 saturated heterocycles. The van der Waals surface area contributed by atoms with Crippen molar-refractivity contribution in [3.8, 4) is 0 Å². The molecule has 0 aliphatic carbocycles. The molecule has 6 heteroatoms. The maximum Gasteiger partial charge on any atom is 0.246 e. The van der Waals surface area contributed by atoms with Crippen LogP contribution in [0.5, 0.6) is 0 Å². The number of rotatable bonds is 3. The molecule has 1 N–H and O–H groups in total. The molecule has 1 heterocycles. The summed E-state index contributed by atoms with van der Waals surface area (Å²) in [5, 5.41) is 10.1. The Labute approximate surface area is 133 Å². The SMILES string of the molecule is CC1COC(CO)CN1C(=O)/C=C/c1ccc(Cl)c(Cl)c1. The summed E-state index contributed by atoms with van der Waals surface area (Å²) in [6.45, 7) is 2.64. The molecule has 4 nitrogen and oxygen atoms in total. The van der Waals surface area contributed by atoms with E-state index in [0.29, 0.717) is 23.2 Å². The lowest BCUT2D eigenvalue weighted by Crippen LogP contribution is -2.51. The van der Waals surface area contributed by atoms with E-state index in [1.165, 1.54) is 6.08 Å². The maximum absolute atomic E-state index is 12.2. The number of morpholine rings is 1. The number of nitrogens with zero attached hydrogens (tertiary/aromatic N) is 1. The predicted octanol–water partition coefficient (Wildman–Crippen LogP) is 2.61. The summed E-state index contributed by atoms with van der Waals surface area (Å²) in [5.74, 6) is -0.115. The minimum Gasteiger partial charge on any atom is -0.394 e. The molecular weight excluding hydrogens is 313 g/mol. The zero-order chi connectivity index (χ0) is 15.4. The van der Waals surface area contributed by atoms with Crippen LogP contribution in [-0.2, 0) is 9.53 Å². The first-order chi connectivity index (χ1) is 10.0. The Morgan fingerprint density at radius 3 is 2.90 bits per heavy atom. The van der Waals surface area contributed by atoms with Crippen molar-refractivity contribution >= 4 is 35.2 Å². The Bertz CT molecular complexity index is 548. The summed E-state index contributed by atoms with van der Waals surface area (Å²) in [6.07, 6.45) is 2.87. The molecule has 0 spiro atoms. The molecule has 0 aromatic heterocycles. The minimum atomic E-state index is -0.316. The predicted molar refractivity (Wildman–Crippen MR) is 83.5 cm³/mol. The van der Waals surface area contributed by atoms with Crippen LogP contribution < -0.4 is 0 Å². The molecular formula is C15H17Cl2NO3. The van der Waals surface area contributed by atoms with Crippen molar-refractivity contribution in [1.82, 2.24) is 4.90 Å². The molecule has 21 heavy (non-hydrogen) atoms. The van der Waals surface area contributed by atoms with Crippen LogP contribution in [0.4, 0.5) is 0 Å². The van der Waals surface area contributed by atoms with Crippen LogP contribution >= 0.6 is 23.2 Å². The molecule has 1 fully saturated rings. The standard InChI is InChI=1S/C15H17Cl2NO3/c1-10-9-21-12(8-19)7-18(10)15(20)5-3-11-2-4-13(16)14(17)6-11/h2-6,10,12,19H,7-9H2,1H3/b5-3+. The van der Waals surface area contributed by atoms with E-state index in [-0.39, 0.29) is 24.7 Å². The lowest BCUT2D eigenvalue weighted by Gasteiger charge is -2.36. The monoisotopic (exact) mass is 329 g/mol. The van der Waals surface area contributed by atoms with Gasteiger partial charge in [-0.25, -0.2) is 0 Å². The minimum absolute atomic E-state index is 0.0150. The normalized spacial score (nSPS) is 22.8. The summed E-state index contributed by atoms with van der Waals surface area (Å²) in [7, 11) is 0. The van der Waals surface area contributed by atoms with Crippen LogP contribution in [-0.4, -0.2) is 47.8 Å². The molecule has 1 amide bonds. The lowest BCUT2D eigenvalue weighted by molar-refractivity contribution is -0.140. The Morgan fingerprint density at radius 2 is 2.24 bits per heavy atom. The molecule has 114 valence electrons. The summed E-state index contributed by atoms with van der Waals surface area (Å²) in [6, 6.07) is 5.16. The van der Waals surface area contributed by atoms with Crippen LogP contribution in [0.25, 0.3) is 6.08 Å². The zero-order valence-electron chi connectivity index (χ0n) is 11.6. The summed E-state index contributed by atoms with van der Waals surface area (Å²) < 4.78 is 5.41. The van der Waals surface area contributed by atoms with E-state index in [2.05, 4.69) is 0 Å².